The fourth-order valence-electron chi connectivity index (χ4n) is 4.95. The number of benzene rings is 1. The predicted octanol–water partition coefficient (Wildman–Crippen LogP) is 3.62. The molecule has 1 aliphatic heterocycles. The molecule has 0 atom stereocenters. The minimum Gasteiger partial charge on any atom is -0.385 e. The average molecular weight is 540 g/mol. The van der Waals surface area contributed by atoms with Gasteiger partial charge < -0.3 is 19.3 Å². The third-order valence-electron chi connectivity index (χ3n) is 7.11. The van der Waals surface area contributed by atoms with Crippen LogP contribution in [-0.2, 0) is 20.8 Å². The first-order valence-corrected chi connectivity index (χ1v) is 13.4. The quantitative estimate of drug-likeness (QED) is 0.212. The maximum atomic E-state index is 11.9. The number of amides is 1. The molecule has 5 rings (SSSR count). The summed E-state index contributed by atoms with van der Waals surface area (Å²) >= 11 is 0. The van der Waals surface area contributed by atoms with E-state index in [1.165, 1.54) is 6.08 Å². The number of nitrogens with zero attached hydrogens (tertiary/aromatic N) is 7. The number of aromatic nitrogens is 4. The molecule has 3 aromatic heterocycles. The second kappa shape index (κ2) is 12.6. The van der Waals surface area contributed by atoms with Crippen LogP contribution in [-0.4, -0.2) is 83.3 Å². The number of methoxy groups -OCH3 is 1. The number of nitriles is 1. The number of ether oxygens (including phenoxy) is 2. The number of carbonyl (C=O) groups excluding carboxylic acids is 1. The summed E-state index contributed by atoms with van der Waals surface area (Å²) in [5.74, 6) is -0.0233. The molecule has 4 aromatic rings. The van der Waals surface area contributed by atoms with Gasteiger partial charge in [0.15, 0.2) is 0 Å². The van der Waals surface area contributed by atoms with E-state index in [0.717, 1.165) is 53.0 Å². The highest BCUT2D eigenvalue weighted by Gasteiger charge is 2.20. The molecule has 4 heterocycles. The summed E-state index contributed by atoms with van der Waals surface area (Å²) in [5.41, 5.74) is 6.22. The molecule has 1 aliphatic rings. The number of hydrogen-bond acceptors (Lipinski definition) is 7. The Morgan fingerprint density at radius 3 is 2.55 bits per heavy atom. The number of hydrogen-bond donors (Lipinski definition) is 0. The van der Waals surface area contributed by atoms with E-state index in [0.29, 0.717) is 45.0 Å². The SMILES string of the molecule is C=CC(=O)N1CCN(c2ccc(-c3cc(-c4cnn(CCOCCCOC)c4)cn4ncc(C#N)c34)cc2)CC1. The summed E-state index contributed by atoms with van der Waals surface area (Å²) in [5, 5.41) is 18.7. The first-order valence-electron chi connectivity index (χ1n) is 13.4. The first kappa shape index (κ1) is 27.1. The van der Waals surface area contributed by atoms with Crippen molar-refractivity contribution >= 4 is 17.1 Å². The molecule has 0 spiro atoms. The van der Waals surface area contributed by atoms with Crippen molar-refractivity contribution in [3.05, 3.63) is 73.3 Å². The van der Waals surface area contributed by atoms with Crippen LogP contribution in [0.2, 0.25) is 0 Å². The van der Waals surface area contributed by atoms with Crippen LogP contribution < -0.4 is 4.90 Å². The Balaban J connectivity index is 1.36. The van der Waals surface area contributed by atoms with Crippen LogP contribution in [0.15, 0.2) is 67.8 Å². The van der Waals surface area contributed by atoms with Crippen molar-refractivity contribution < 1.29 is 14.3 Å². The highest BCUT2D eigenvalue weighted by molar-refractivity contribution is 5.88. The van der Waals surface area contributed by atoms with Crippen LogP contribution in [0.1, 0.15) is 12.0 Å². The van der Waals surface area contributed by atoms with Crippen molar-refractivity contribution in [2.75, 3.05) is 58.0 Å². The topological polar surface area (TPSA) is 101 Å². The fourth-order valence-corrected chi connectivity index (χ4v) is 4.95. The molecule has 10 nitrogen and oxygen atoms in total. The van der Waals surface area contributed by atoms with Crippen LogP contribution >= 0.6 is 0 Å². The Kier molecular flexibility index (Phi) is 8.54. The second-order valence-corrected chi connectivity index (χ2v) is 9.62. The van der Waals surface area contributed by atoms with Gasteiger partial charge in [-0.2, -0.15) is 15.5 Å². The van der Waals surface area contributed by atoms with Crippen molar-refractivity contribution in [2.45, 2.75) is 13.0 Å². The predicted molar refractivity (Wildman–Crippen MR) is 153 cm³/mol. The van der Waals surface area contributed by atoms with Gasteiger partial charge in [-0.05, 0) is 36.3 Å². The van der Waals surface area contributed by atoms with Crippen LogP contribution in [0.25, 0.3) is 27.8 Å². The summed E-state index contributed by atoms with van der Waals surface area (Å²) in [7, 11) is 1.69. The molecule has 0 N–H and O–H groups in total. The zero-order chi connectivity index (χ0) is 27.9. The van der Waals surface area contributed by atoms with Gasteiger partial charge in [0, 0.05) is 81.3 Å². The molecule has 1 saturated heterocycles. The van der Waals surface area contributed by atoms with Crippen LogP contribution in [0.5, 0.6) is 0 Å². The Labute approximate surface area is 233 Å². The van der Waals surface area contributed by atoms with Gasteiger partial charge in [0.25, 0.3) is 0 Å². The second-order valence-electron chi connectivity index (χ2n) is 9.62. The maximum Gasteiger partial charge on any atom is 0.246 e. The van der Waals surface area contributed by atoms with Crippen molar-refractivity contribution in [2.24, 2.45) is 0 Å². The molecule has 0 saturated carbocycles. The summed E-state index contributed by atoms with van der Waals surface area (Å²) in [4.78, 5) is 16.0. The van der Waals surface area contributed by atoms with Gasteiger partial charge >= 0.3 is 0 Å². The molecule has 40 heavy (non-hydrogen) atoms. The zero-order valence-corrected chi connectivity index (χ0v) is 22.7. The number of rotatable bonds is 11. The van der Waals surface area contributed by atoms with Crippen molar-refractivity contribution in [3.63, 3.8) is 0 Å². The molecule has 0 unspecified atom stereocenters. The number of anilines is 1. The van der Waals surface area contributed by atoms with E-state index in [1.54, 1.807) is 17.8 Å². The largest absolute Gasteiger partial charge is 0.385 e. The van der Waals surface area contributed by atoms with Gasteiger partial charge in [-0.25, -0.2) is 4.52 Å². The van der Waals surface area contributed by atoms with Gasteiger partial charge in [0.05, 0.1) is 36.6 Å². The lowest BCUT2D eigenvalue weighted by molar-refractivity contribution is -0.126. The minimum atomic E-state index is -0.0233. The third kappa shape index (κ3) is 5.91. The molecule has 1 fully saturated rings. The zero-order valence-electron chi connectivity index (χ0n) is 22.7. The molecule has 1 aromatic carbocycles. The summed E-state index contributed by atoms with van der Waals surface area (Å²) in [6.45, 7) is 9.04. The van der Waals surface area contributed by atoms with Gasteiger partial charge in [0.1, 0.15) is 6.07 Å². The monoisotopic (exact) mass is 539 g/mol. The molecular formula is C30H33N7O3. The molecule has 10 heteroatoms. The lowest BCUT2D eigenvalue weighted by Crippen LogP contribution is -2.48. The molecule has 1 amide bonds. The van der Waals surface area contributed by atoms with Gasteiger partial charge in [-0.3, -0.25) is 9.48 Å². The Morgan fingerprint density at radius 2 is 1.82 bits per heavy atom. The van der Waals surface area contributed by atoms with Crippen molar-refractivity contribution in [3.8, 4) is 28.3 Å². The van der Waals surface area contributed by atoms with Gasteiger partial charge in [-0.1, -0.05) is 18.7 Å². The fraction of sp³-hybridized carbons (Fsp3) is 0.333. The summed E-state index contributed by atoms with van der Waals surface area (Å²) in [6.07, 6.45) is 9.61. The smallest absolute Gasteiger partial charge is 0.246 e. The van der Waals surface area contributed by atoms with Crippen molar-refractivity contribution in [1.82, 2.24) is 24.3 Å². The van der Waals surface area contributed by atoms with E-state index in [2.05, 4.69) is 58.1 Å². The minimum absolute atomic E-state index is 0.0233. The highest BCUT2D eigenvalue weighted by atomic mass is 16.5. The lowest BCUT2D eigenvalue weighted by Gasteiger charge is -2.35. The number of pyridine rings is 1. The molecule has 0 bridgehead atoms. The average Bonchev–Trinajstić information content (AvgIpc) is 3.65. The molecular weight excluding hydrogens is 506 g/mol. The third-order valence-corrected chi connectivity index (χ3v) is 7.11. The summed E-state index contributed by atoms with van der Waals surface area (Å²) in [6, 6.07) is 12.7. The van der Waals surface area contributed by atoms with Gasteiger partial charge in [0.2, 0.25) is 5.91 Å². The van der Waals surface area contributed by atoms with E-state index in [-0.39, 0.29) is 5.91 Å². The lowest BCUT2D eigenvalue weighted by atomic mass is 9.99. The maximum absolute atomic E-state index is 11.9. The number of carbonyl (C=O) groups is 1. The Morgan fingerprint density at radius 1 is 1.02 bits per heavy atom. The molecule has 0 radical (unpaired) electrons. The molecule has 206 valence electrons. The normalized spacial score (nSPS) is 13.5. The summed E-state index contributed by atoms with van der Waals surface area (Å²) < 4.78 is 14.4. The Hall–Kier alpha value is -4.46. The van der Waals surface area contributed by atoms with E-state index < -0.39 is 0 Å². The van der Waals surface area contributed by atoms with E-state index in [1.807, 2.05) is 28.2 Å². The van der Waals surface area contributed by atoms with E-state index in [9.17, 15) is 10.1 Å². The van der Waals surface area contributed by atoms with E-state index >= 15 is 0 Å². The van der Waals surface area contributed by atoms with E-state index in [4.69, 9.17) is 9.47 Å². The molecule has 0 aliphatic carbocycles. The number of fused-ring (bicyclic) bond motifs is 1. The van der Waals surface area contributed by atoms with Crippen LogP contribution in [0.3, 0.4) is 0 Å². The number of piperazine rings is 1. The van der Waals surface area contributed by atoms with Crippen molar-refractivity contribution in [1.29, 1.82) is 5.26 Å². The standard InChI is InChI=1S/C30H33N7O3/c1-3-29(38)35-11-9-34(10-12-35)27-7-5-23(6-8-27)28-17-24(22-37-30(28)25(18-31)19-33-37)26-20-32-36(21-26)13-16-40-15-4-14-39-2/h3,5-8,17,19-22H,1,4,9-16H2,2H3. The van der Waals surface area contributed by atoms with Gasteiger partial charge in [-0.15, -0.1) is 0 Å². The highest BCUT2D eigenvalue weighted by Crippen LogP contribution is 2.33. The van der Waals surface area contributed by atoms with Crippen LogP contribution in [0.4, 0.5) is 5.69 Å². The first-order chi connectivity index (χ1) is 19.6. The van der Waals surface area contributed by atoms with Crippen LogP contribution in [0, 0.1) is 11.3 Å². The Bertz CT molecular complexity index is 1510.